The molecule has 0 aliphatic heterocycles. The van der Waals surface area contributed by atoms with E-state index < -0.39 is 36.2 Å². The van der Waals surface area contributed by atoms with Crippen LogP contribution >= 0.6 is 0 Å². The van der Waals surface area contributed by atoms with Crippen molar-refractivity contribution in [1.82, 2.24) is 0 Å². The van der Waals surface area contributed by atoms with Gasteiger partial charge >= 0.3 is 143 Å². The molecule has 16 nitrogen and oxygen atoms in total. The normalized spacial score (nSPS) is 10.4. The van der Waals surface area contributed by atoms with E-state index in [9.17, 15) is 0 Å². The largest absolute Gasteiger partial charge is 3.00 e. The van der Waals surface area contributed by atoms with E-state index in [2.05, 4.69) is 0 Å². The third-order valence-electron chi connectivity index (χ3n) is 0. The van der Waals surface area contributed by atoms with Gasteiger partial charge in [0.1, 0.15) is 0 Å². The molecule has 0 amide bonds. The molecule has 0 spiro atoms. The molecule has 0 saturated heterocycles. The van der Waals surface area contributed by atoms with Gasteiger partial charge in [0.2, 0.25) is 0 Å². The van der Waals surface area contributed by atoms with Crippen LogP contribution < -0.4 is 43.2 Å². The van der Waals surface area contributed by atoms with E-state index in [1.165, 1.54) is 0 Å². The number of hydrogen-bond acceptors (Lipinski definition) is 16. The van der Waals surface area contributed by atoms with Gasteiger partial charge in [-0.05, 0) is 0 Å². The van der Waals surface area contributed by atoms with Crippen molar-refractivity contribution in [3.8, 4) is 0 Å². The monoisotopic (exact) mass is 795 g/mol. The summed E-state index contributed by atoms with van der Waals surface area (Å²) in [7, 11) is -20.7. The van der Waals surface area contributed by atoms with Crippen LogP contribution in [0.25, 0.3) is 0 Å². The smallest absolute Gasteiger partial charge is 0.894 e. The average Bonchev–Trinajstić information content (AvgIpc) is 1.62. The molecule has 0 aromatic carbocycles. The standard InChI is InChI=1S/3Ce.H4O4Si.H3O4Si.2O4Si/c;;;4*1-5(2,3)4/h;;;1-4H;1-3H;;/q3*+3;;-1;2*-4. The molecule has 0 rings (SSSR count). The maximum atomic E-state index is 8.91. The molecule has 0 atom stereocenters. The Labute approximate surface area is 233 Å². The number of hydrogen-bond donors (Lipinski definition) is 7. The van der Waals surface area contributed by atoms with Crippen molar-refractivity contribution in [2.75, 3.05) is 0 Å². The zero-order valence-electron chi connectivity index (χ0n) is 10.3. The zero-order chi connectivity index (χ0) is 18.0. The van der Waals surface area contributed by atoms with E-state index >= 15 is 0 Å². The Kier molecular flexibility index (Phi) is 42.0. The summed E-state index contributed by atoms with van der Waals surface area (Å²) < 4.78 is 0. The first-order chi connectivity index (χ1) is 8.00. The second kappa shape index (κ2) is 21.1. The molecule has 0 bridgehead atoms. The van der Waals surface area contributed by atoms with Gasteiger partial charge in [-0.15, -0.1) is 0 Å². The minimum Gasteiger partial charge on any atom is -0.894 e. The van der Waals surface area contributed by atoms with E-state index in [1.54, 1.807) is 0 Å². The van der Waals surface area contributed by atoms with E-state index in [4.69, 9.17) is 76.7 Å². The summed E-state index contributed by atoms with van der Waals surface area (Å²) in [6, 6.07) is 0. The summed E-state index contributed by atoms with van der Waals surface area (Å²) in [4.78, 5) is 128. The maximum absolute atomic E-state index is 8.91. The molecule has 0 saturated carbocycles. The van der Waals surface area contributed by atoms with Gasteiger partial charge in [0.05, 0.1) is 0 Å². The Bertz CT molecular complexity index is 137. The van der Waals surface area contributed by atoms with Crippen LogP contribution in [0.5, 0.6) is 0 Å². The van der Waals surface area contributed by atoms with Gasteiger partial charge in [-0.2, -0.15) is 0 Å². The van der Waals surface area contributed by atoms with Crippen LogP contribution in [0, 0.1) is 125 Å². The summed E-state index contributed by atoms with van der Waals surface area (Å²) in [5.74, 6) is 0. The minimum absolute atomic E-state index is 0. The van der Waals surface area contributed by atoms with E-state index in [0.717, 1.165) is 0 Å². The quantitative estimate of drug-likeness (QED) is 0.112. The van der Waals surface area contributed by atoms with E-state index in [0.29, 0.717) is 0 Å². The Morgan fingerprint density at radius 1 is 0.391 bits per heavy atom. The van der Waals surface area contributed by atoms with E-state index in [1.807, 2.05) is 0 Å². The fraction of sp³-hybridized carbons (Fsp3) is 0. The Hall–Kier alpha value is 4.36. The van der Waals surface area contributed by atoms with Crippen LogP contribution in [0.3, 0.4) is 0 Å². The number of rotatable bonds is 0. The van der Waals surface area contributed by atoms with Crippen LogP contribution in [-0.2, 0) is 0 Å². The van der Waals surface area contributed by atoms with Crippen LogP contribution in [0.1, 0.15) is 0 Å². The summed E-state index contributed by atoms with van der Waals surface area (Å²) in [5.41, 5.74) is 0. The summed E-state index contributed by atoms with van der Waals surface area (Å²) in [6.45, 7) is 0. The molecule has 3 radical (unpaired) electrons. The predicted octanol–water partition coefficient (Wildman–Crippen LogP) is -16.1. The molecule has 0 aliphatic rings. The molecule has 0 aliphatic carbocycles. The van der Waals surface area contributed by atoms with Gasteiger partial charge < -0.3 is 94.8 Å². The first kappa shape index (κ1) is 45.9. The molecular formula is H7Ce3O16Si4. The molecule has 0 aromatic heterocycles. The molecule has 0 heterocycles. The van der Waals surface area contributed by atoms with Crippen molar-refractivity contribution in [1.29, 1.82) is 0 Å². The summed E-state index contributed by atoms with van der Waals surface area (Å²) in [6.07, 6.45) is 0. The molecular weight excluding hydrogens is 789 g/mol. The maximum Gasteiger partial charge on any atom is 3.00 e. The van der Waals surface area contributed by atoms with Gasteiger partial charge in [-0.1, -0.05) is 0 Å². The minimum atomic E-state index is -5.61. The fourth-order valence-electron chi connectivity index (χ4n) is 0. The van der Waals surface area contributed by atoms with Crippen molar-refractivity contribution in [2.45, 2.75) is 0 Å². The van der Waals surface area contributed by atoms with Crippen molar-refractivity contribution in [2.24, 2.45) is 0 Å². The molecule has 23 heavy (non-hydrogen) atoms. The van der Waals surface area contributed by atoms with Gasteiger partial charge in [-0.3, -0.25) is 0 Å². The first-order valence-electron chi connectivity index (χ1n) is 3.40. The summed E-state index contributed by atoms with van der Waals surface area (Å²) in [5, 5.41) is 0. The first-order valence-corrected chi connectivity index (χ1v) is 10.2. The van der Waals surface area contributed by atoms with Crippen molar-refractivity contribution in [3.63, 3.8) is 0 Å². The van der Waals surface area contributed by atoms with Gasteiger partial charge in [0.25, 0.3) is 0 Å². The van der Waals surface area contributed by atoms with Gasteiger partial charge in [0, 0.05) is 0 Å². The van der Waals surface area contributed by atoms with Crippen molar-refractivity contribution < 1.29 is 202 Å². The Morgan fingerprint density at radius 2 is 0.391 bits per heavy atom. The van der Waals surface area contributed by atoms with E-state index in [-0.39, 0.29) is 125 Å². The molecule has 23 heteroatoms. The molecule has 0 aromatic rings. The third kappa shape index (κ3) is 824. The second-order valence-electron chi connectivity index (χ2n) is 2.17. The topological polar surface area (TPSA) is 349 Å². The zero-order valence-corrected chi connectivity index (χ0v) is 23.7. The average molecular weight is 796 g/mol. The van der Waals surface area contributed by atoms with Gasteiger partial charge in [-0.25, -0.2) is 0 Å². The molecule has 131 valence electrons. The Balaban J connectivity index is -0.0000000284. The van der Waals surface area contributed by atoms with Crippen LogP contribution in [0.2, 0.25) is 0 Å². The Morgan fingerprint density at radius 3 is 0.391 bits per heavy atom. The van der Waals surface area contributed by atoms with Crippen LogP contribution in [0.4, 0.5) is 0 Å². The van der Waals surface area contributed by atoms with Crippen LogP contribution in [-0.4, -0.2) is 69.8 Å². The predicted molar refractivity (Wildman–Crippen MR) is 38.5 cm³/mol. The molecule has 0 unspecified atom stereocenters. The molecule has 7 N–H and O–H groups in total. The van der Waals surface area contributed by atoms with Crippen LogP contribution in [0.15, 0.2) is 0 Å². The second-order valence-corrected chi connectivity index (χ2v) is 6.52. The third-order valence-corrected chi connectivity index (χ3v) is 0. The van der Waals surface area contributed by atoms with Crippen molar-refractivity contribution >= 4 is 36.2 Å². The van der Waals surface area contributed by atoms with Gasteiger partial charge in [0.15, 0.2) is 0 Å². The molecule has 0 fully saturated rings. The summed E-state index contributed by atoms with van der Waals surface area (Å²) >= 11 is 0. The fourth-order valence-corrected chi connectivity index (χ4v) is 0. The SMILES string of the molecule is O[Si](O)(O)O.[Ce+3].[Ce+3].[Ce+3].[O-][Si](O)(O)O.[O-][Si]([O-])([O-])[O-].[O-][Si]([O-])([O-])[O-]. The van der Waals surface area contributed by atoms with Crippen molar-refractivity contribution in [3.05, 3.63) is 0 Å².